The normalized spacial score (nSPS) is 16.9. The number of aliphatic hydroxyl groups excluding tert-OH is 1. The Morgan fingerprint density at radius 2 is 1.84 bits per heavy atom. The number of rotatable bonds is 8. The van der Waals surface area contributed by atoms with E-state index in [4.69, 9.17) is 0 Å². The third-order valence-electron chi connectivity index (χ3n) is 4.89. The van der Waals surface area contributed by atoms with Crippen LogP contribution in [0.3, 0.4) is 0 Å². The molecule has 1 fully saturated rings. The molecule has 0 radical (unpaired) electrons. The second kappa shape index (κ2) is 11.1. The van der Waals surface area contributed by atoms with Crippen LogP contribution in [0.5, 0.6) is 0 Å². The lowest BCUT2D eigenvalue weighted by molar-refractivity contribution is 0.172. The minimum atomic E-state index is -0.671. The standard InChI is InChI=1S/C20H33N3O2/c1-17-10-4-5-11-18(17)19(24)16-22-20(25)21-12-6-9-15-23-13-7-2-3-8-14-23/h4-5,10-11,19,24H,2-3,6-9,12-16H2,1H3,(H2,21,22,25). The second-order valence-corrected chi connectivity index (χ2v) is 6.97. The predicted octanol–water partition coefficient (Wildman–Crippen LogP) is 2.98. The van der Waals surface area contributed by atoms with Crippen LogP contribution in [-0.2, 0) is 0 Å². The minimum Gasteiger partial charge on any atom is -0.387 e. The number of hydrogen-bond acceptors (Lipinski definition) is 3. The summed E-state index contributed by atoms with van der Waals surface area (Å²) < 4.78 is 0. The summed E-state index contributed by atoms with van der Waals surface area (Å²) >= 11 is 0. The maximum absolute atomic E-state index is 11.8. The Morgan fingerprint density at radius 3 is 2.56 bits per heavy atom. The fourth-order valence-electron chi connectivity index (χ4n) is 3.34. The molecule has 0 spiro atoms. The number of amides is 2. The summed E-state index contributed by atoms with van der Waals surface area (Å²) in [5.74, 6) is 0. The van der Waals surface area contributed by atoms with E-state index in [2.05, 4.69) is 15.5 Å². The number of aliphatic hydroxyl groups is 1. The van der Waals surface area contributed by atoms with Crippen molar-refractivity contribution >= 4 is 6.03 Å². The molecule has 0 saturated carbocycles. The van der Waals surface area contributed by atoms with Gasteiger partial charge in [-0.2, -0.15) is 0 Å². The highest BCUT2D eigenvalue weighted by Gasteiger charge is 2.11. The number of urea groups is 1. The Balaban J connectivity index is 1.54. The molecule has 1 heterocycles. The highest BCUT2D eigenvalue weighted by molar-refractivity contribution is 5.73. The number of benzene rings is 1. The van der Waals surface area contributed by atoms with Crippen LogP contribution in [-0.4, -0.2) is 48.8 Å². The third kappa shape index (κ3) is 7.45. The van der Waals surface area contributed by atoms with Gasteiger partial charge in [0.2, 0.25) is 0 Å². The molecule has 1 atom stereocenters. The molecule has 1 aliphatic rings. The molecule has 5 heteroatoms. The molecule has 5 nitrogen and oxygen atoms in total. The van der Waals surface area contributed by atoms with Gasteiger partial charge >= 0.3 is 6.03 Å². The first-order chi connectivity index (χ1) is 12.2. The Hall–Kier alpha value is -1.59. The fourth-order valence-corrected chi connectivity index (χ4v) is 3.34. The van der Waals surface area contributed by atoms with Crippen LogP contribution in [0.15, 0.2) is 24.3 Å². The summed E-state index contributed by atoms with van der Waals surface area (Å²) in [5, 5.41) is 15.8. The third-order valence-corrected chi connectivity index (χ3v) is 4.89. The zero-order valence-electron chi connectivity index (χ0n) is 15.5. The molecule has 2 rings (SSSR count). The molecule has 0 aliphatic carbocycles. The number of nitrogens with one attached hydrogen (secondary N) is 2. The van der Waals surface area contributed by atoms with Crippen molar-refractivity contribution in [1.29, 1.82) is 0 Å². The molecular formula is C20H33N3O2. The number of likely N-dealkylation sites (tertiary alicyclic amines) is 1. The molecule has 3 N–H and O–H groups in total. The van der Waals surface area contributed by atoms with E-state index in [0.717, 1.165) is 30.5 Å². The van der Waals surface area contributed by atoms with Crippen molar-refractivity contribution in [2.75, 3.05) is 32.7 Å². The average molecular weight is 348 g/mol. The molecule has 0 aromatic heterocycles. The predicted molar refractivity (Wildman–Crippen MR) is 102 cm³/mol. The smallest absolute Gasteiger partial charge is 0.314 e. The van der Waals surface area contributed by atoms with Crippen molar-refractivity contribution in [2.45, 2.75) is 51.6 Å². The SMILES string of the molecule is Cc1ccccc1C(O)CNC(=O)NCCCCN1CCCCCC1. The van der Waals surface area contributed by atoms with Crippen molar-refractivity contribution in [2.24, 2.45) is 0 Å². The first-order valence-corrected chi connectivity index (χ1v) is 9.64. The van der Waals surface area contributed by atoms with E-state index >= 15 is 0 Å². The van der Waals surface area contributed by atoms with Gasteiger partial charge in [0.15, 0.2) is 0 Å². The van der Waals surface area contributed by atoms with Crippen LogP contribution in [0.1, 0.15) is 55.8 Å². The van der Waals surface area contributed by atoms with Gasteiger partial charge in [-0.05, 0) is 63.4 Å². The van der Waals surface area contributed by atoms with Gasteiger partial charge in [0, 0.05) is 13.1 Å². The summed E-state index contributed by atoms with van der Waals surface area (Å²) in [4.78, 5) is 14.4. The lowest BCUT2D eigenvalue weighted by atomic mass is 10.0. The largest absolute Gasteiger partial charge is 0.387 e. The van der Waals surface area contributed by atoms with E-state index in [0.29, 0.717) is 6.54 Å². The van der Waals surface area contributed by atoms with Crippen LogP contribution < -0.4 is 10.6 Å². The summed E-state index contributed by atoms with van der Waals surface area (Å²) in [7, 11) is 0. The van der Waals surface area contributed by atoms with Gasteiger partial charge in [-0.3, -0.25) is 0 Å². The molecule has 1 unspecified atom stereocenters. The highest BCUT2D eigenvalue weighted by atomic mass is 16.3. The van der Waals surface area contributed by atoms with E-state index in [-0.39, 0.29) is 12.6 Å². The molecule has 25 heavy (non-hydrogen) atoms. The first-order valence-electron chi connectivity index (χ1n) is 9.64. The zero-order chi connectivity index (χ0) is 17.9. The van der Waals surface area contributed by atoms with Crippen LogP contribution in [0, 0.1) is 6.92 Å². The summed E-state index contributed by atoms with van der Waals surface area (Å²) in [6, 6.07) is 7.49. The summed E-state index contributed by atoms with van der Waals surface area (Å²) in [6.45, 7) is 6.46. The van der Waals surface area contributed by atoms with Gasteiger partial charge < -0.3 is 20.6 Å². The van der Waals surface area contributed by atoms with Gasteiger partial charge in [0.1, 0.15) is 0 Å². The number of aryl methyl sites for hydroxylation is 1. The zero-order valence-corrected chi connectivity index (χ0v) is 15.5. The maximum Gasteiger partial charge on any atom is 0.314 e. The first kappa shape index (κ1) is 19.7. The van der Waals surface area contributed by atoms with Crippen molar-refractivity contribution in [3.63, 3.8) is 0 Å². The van der Waals surface area contributed by atoms with Crippen LogP contribution in [0.25, 0.3) is 0 Å². The quantitative estimate of drug-likeness (QED) is 0.634. The lowest BCUT2D eigenvalue weighted by Gasteiger charge is -2.19. The Morgan fingerprint density at radius 1 is 1.12 bits per heavy atom. The fraction of sp³-hybridized carbons (Fsp3) is 0.650. The summed E-state index contributed by atoms with van der Waals surface area (Å²) in [6.07, 6.45) is 6.82. The summed E-state index contributed by atoms with van der Waals surface area (Å²) in [5.41, 5.74) is 1.89. The number of carbonyl (C=O) groups excluding carboxylic acids is 1. The second-order valence-electron chi connectivity index (χ2n) is 6.97. The Labute approximate surface area is 151 Å². The van der Waals surface area contributed by atoms with E-state index in [1.54, 1.807) is 0 Å². The molecule has 0 bridgehead atoms. The van der Waals surface area contributed by atoms with Crippen LogP contribution in [0.4, 0.5) is 4.79 Å². The average Bonchev–Trinajstić information content (AvgIpc) is 2.88. The molecule has 1 aliphatic heterocycles. The van der Waals surface area contributed by atoms with Crippen LogP contribution in [0.2, 0.25) is 0 Å². The van der Waals surface area contributed by atoms with E-state index in [1.807, 2.05) is 31.2 Å². The highest BCUT2D eigenvalue weighted by Crippen LogP contribution is 2.16. The topological polar surface area (TPSA) is 64.6 Å². The number of nitrogens with zero attached hydrogens (tertiary/aromatic N) is 1. The van der Waals surface area contributed by atoms with Gasteiger partial charge in [-0.25, -0.2) is 4.79 Å². The number of hydrogen-bond donors (Lipinski definition) is 3. The van der Waals surface area contributed by atoms with Crippen LogP contribution >= 0.6 is 0 Å². The Bertz CT molecular complexity index is 513. The maximum atomic E-state index is 11.8. The van der Waals surface area contributed by atoms with E-state index in [1.165, 1.54) is 38.8 Å². The Kier molecular flexibility index (Phi) is 8.77. The van der Waals surface area contributed by atoms with E-state index in [9.17, 15) is 9.90 Å². The van der Waals surface area contributed by atoms with E-state index < -0.39 is 6.10 Å². The van der Waals surface area contributed by atoms with Crippen molar-refractivity contribution < 1.29 is 9.90 Å². The minimum absolute atomic E-state index is 0.206. The molecule has 1 aromatic carbocycles. The molecular weight excluding hydrogens is 314 g/mol. The van der Waals surface area contributed by atoms with Gasteiger partial charge in [0.25, 0.3) is 0 Å². The number of carbonyl (C=O) groups is 1. The molecule has 1 aromatic rings. The van der Waals surface area contributed by atoms with Crippen molar-refractivity contribution in [3.05, 3.63) is 35.4 Å². The van der Waals surface area contributed by atoms with Gasteiger partial charge in [-0.1, -0.05) is 37.1 Å². The monoisotopic (exact) mass is 347 g/mol. The van der Waals surface area contributed by atoms with Gasteiger partial charge in [-0.15, -0.1) is 0 Å². The van der Waals surface area contributed by atoms with Crippen molar-refractivity contribution in [3.8, 4) is 0 Å². The lowest BCUT2D eigenvalue weighted by Crippen LogP contribution is -2.38. The molecule has 1 saturated heterocycles. The van der Waals surface area contributed by atoms with Gasteiger partial charge in [0.05, 0.1) is 6.10 Å². The number of unbranched alkanes of at least 4 members (excludes halogenated alkanes) is 1. The molecule has 140 valence electrons. The molecule has 2 amide bonds. The van der Waals surface area contributed by atoms with Crippen molar-refractivity contribution in [1.82, 2.24) is 15.5 Å².